The number of methoxy groups -OCH3 is 1. The Balaban J connectivity index is 1.50. The highest BCUT2D eigenvalue weighted by Gasteiger charge is 2.06. The zero-order valence-electron chi connectivity index (χ0n) is 17.0. The standard InChI is InChI=1S/C24H24N2O4/c1-18-7-6-10-21(13-18)26-24(27)17-30-25-15-20-11-12-22(23(14-20)28-2)29-16-19-8-4-3-5-9-19/h3-15H,16-17H2,1-2H3,(H,26,27)/b25-15+. The van der Waals surface area contributed by atoms with Crippen LogP contribution in [0, 0.1) is 6.92 Å². The number of hydrogen-bond acceptors (Lipinski definition) is 5. The van der Waals surface area contributed by atoms with E-state index >= 15 is 0 Å². The van der Waals surface area contributed by atoms with Gasteiger partial charge >= 0.3 is 0 Å². The van der Waals surface area contributed by atoms with Crippen LogP contribution in [0.2, 0.25) is 0 Å². The highest BCUT2D eigenvalue weighted by molar-refractivity contribution is 5.91. The van der Waals surface area contributed by atoms with Crippen LogP contribution in [0.3, 0.4) is 0 Å². The summed E-state index contributed by atoms with van der Waals surface area (Å²) in [5.41, 5.74) is 3.63. The molecule has 1 amide bonds. The predicted octanol–water partition coefficient (Wildman–Crippen LogP) is 4.57. The van der Waals surface area contributed by atoms with E-state index in [0.717, 1.165) is 22.4 Å². The lowest BCUT2D eigenvalue weighted by Gasteiger charge is -2.11. The van der Waals surface area contributed by atoms with Crippen LogP contribution in [0.25, 0.3) is 0 Å². The van der Waals surface area contributed by atoms with E-state index in [1.165, 1.54) is 6.21 Å². The SMILES string of the molecule is COc1cc(/C=N/OCC(=O)Nc2cccc(C)c2)ccc1OCc1ccccc1. The third kappa shape index (κ3) is 6.38. The molecule has 6 nitrogen and oxygen atoms in total. The van der Waals surface area contributed by atoms with Crippen LogP contribution in [-0.2, 0) is 16.2 Å². The average molecular weight is 404 g/mol. The molecule has 0 saturated carbocycles. The Bertz CT molecular complexity index is 1000. The first-order chi connectivity index (χ1) is 14.6. The van der Waals surface area contributed by atoms with Gasteiger partial charge in [-0.05, 0) is 48.4 Å². The number of carbonyl (C=O) groups excluding carboxylic acids is 1. The summed E-state index contributed by atoms with van der Waals surface area (Å²) in [7, 11) is 1.58. The van der Waals surface area contributed by atoms with Crippen molar-refractivity contribution < 1.29 is 19.1 Å². The highest BCUT2D eigenvalue weighted by Crippen LogP contribution is 2.28. The second-order valence-corrected chi connectivity index (χ2v) is 6.61. The molecule has 0 bridgehead atoms. The molecule has 3 aromatic rings. The molecule has 0 fully saturated rings. The van der Waals surface area contributed by atoms with E-state index < -0.39 is 0 Å². The molecule has 0 aromatic heterocycles. The number of anilines is 1. The van der Waals surface area contributed by atoms with Crippen LogP contribution in [0.1, 0.15) is 16.7 Å². The molecule has 154 valence electrons. The smallest absolute Gasteiger partial charge is 0.265 e. The summed E-state index contributed by atoms with van der Waals surface area (Å²) in [5, 5.41) is 6.62. The van der Waals surface area contributed by atoms with Crippen molar-refractivity contribution in [1.82, 2.24) is 0 Å². The summed E-state index contributed by atoms with van der Waals surface area (Å²) in [6.45, 7) is 2.23. The Labute approximate surface area is 176 Å². The highest BCUT2D eigenvalue weighted by atomic mass is 16.6. The van der Waals surface area contributed by atoms with Gasteiger partial charge in [0.05, 0.1) is 13.3 Å². The van der Waals surface area contributed by atoms with Crippen LogP contribution < -0.4 is 14.8 Å². The Morgan fingerprint density at radius 3 is 2.60 bits per heavy atom. The lowest BCUT2D eigenvalue weighted by molar-refractivity contribution is -0.120. The van der Waals surface area contributed by atoms with Gasteiger partial charge in [0.2, 0.25) is 0 Å². The van der Waals surface area contributed by atoms with Crippen molar-refractivity contribution in [3.63, 3.8) is 0 Å². The molecule has 0 unspecified atom stereocenters. The first-order valence-corrected chi connectivity index (χ1v) is 9.50. The third-order valence-electron chi connectivity index (χ3n) is 4.20. The van der Waals surface area contributed by atoms with E-state index in [1.807, 2.05) is 73.7 Å². The fourth-order valence-electron chi connectivity index (χ4n) is 2.73. The number of hydrogen-bond donors (Lipinski definition) is 1. The molecule has 0 spiro atoms. The number of carbonyl (C=O) groups is 1. The molecule has 0 heterocycles. The van der Waals surface area contributed by atoms with Crippen LogP contribution in [0.4, 0.5) is 5.69 Å². The molecule has 3 aromatic carbocycles. The number of ether oxygens (including phenoxy) is 2. The van der Waals surface area contributed by atoms with Crippen molar-refractivity contribution in [2.45, 2.75) is 13.5 Å². The van der Waals surface area contributed by atoms with Gasteiger partial charge in [-0.3, -0.25) is 4.79 Å². The quantitative estimate of drug-likeness (QED) is 0.419. The molecule has 0 aliphatic carbocycles. The summed E-state index contributed by atoms with van der Waals surface area (Å²) in [5.74, 6) is 0.948. The van der Waals surface area contributed by atoms with E-state index in [4.69, 9.17) is 14.3 Å². The van der Waals surface area contributed by atoms with Crippen molar-refractivity contribution in [2.24, 2.45) is 5.16 Å². The molecule has 3 rings (SSSR count). The van der Waals surface area contributed by atoms with Crippen LogP contribution >= 0.6 is 0 Å². The van der Waals surface area contributed by atoms with E-state index in [9.17, 15) is 4.79 Å². The Hall–Kier alpha value is -3.80. The minimum atomic E-state index is -0.278. The summed E-state index contributed by atoms with van der Waals surface area (Å²) in [6.07, 6.45) is 1.52. The summed E-state index contributed by atoms with van der Waals surface area (Å²) < 4.78 is 11.2. The zero-order valence-corrected chi connectivity index (χ0v) is 17.0. The lowest BCUT2D eigenvalue weighted by atomic mass is 10.2. The number of benzene rings is 3. The van der Waals surface area contributed by atoms with Crippen molar-refractivity contribution in [3.8, 4) is 11.5 Å². The average Bonchev–Trinajstić information content (AvgIpc) is 2.76. The van der Waals surface area contributed by atoms with Crippen molar-refractivity contribution in [1.29, 1.82) is 0 Å². The molecule has 0 aliphatic rings. The van der Waals surface area contributed by atoms with E-state index in [-0.39, 0.29) is 12.5 Å². The van der Waals surface area contributed by atoms with Crippen LogP contribution in [-0.4, -0.2) is 25.8 Å². The van der Waals surface area contributed by atoms with Gasteiger partial charge in [-0.2, -0.15) is 0 Å². The molecule has 0 atom stereocenters. The second-order valence-electron chi connectivity index (χ2n) is 6.61. The van der Waals surface area contributed by atoms with Gasteiger partial charge in [-0.25, -0.2) is 0 Å². The van der Waals surface area contributed by atoms with Crippen molar-refractivity contribution >= 4 is 17.8 Å². The molecule has 0 saturated heterocycles. The van der Waals surface area contributed by atoms with Gasteiger partial charge < -0.3 is 19.6 Å². The molecule has 1 N–H and O–H groups in total. The Morgan fingerprint density at radius 1 is 1.00 bits per heavy atom. The molecular formula is C24H24N2O4. The first kappa shape index (κ1) is 20.9. The molecular weight excluding hydrogens is 380 g/mol. The van der Waals surface area contributed by atoms with E-state index in [1.54, 1.807) is 13.2 Å². The van der Waals surface area contributed by atoms with Crippen LogP contribution in [0.15, 0.2) is 78.0 Å². The number of aryl methyl sites for hydroxylation is 1. The largest absolute Gasteiger partial charge is 0.493 e. The number of nitrogens with one attached hydrogen (secondary N) is 1. The maximum atomic E-state index is 11.9. The summed E-state index contributed by atoms with van der Waals surface area (Å²) in [4.78, 5) is 17.0. The number of amides is 1. The zero-order chi connectivity index (χ0) is 21.2. The van der Waals surface area contributed by atoms with E-state index in [0.29, 0.717) is 18.1 Å². The minimum absolute atomic E-state index is 0.181. The fraction of sp³-hybridized carbons (Fsp3) is 0.167. The van der Waals surface area contributed by atoms with Crippen LogP contribution in [0.5, 0.6) is 11.5 Å². The minimum Gasteiger partial charge on any atom is -0.493 e. The molecule has 0 aliphatic heterocycles. The fourth-order valence-corrected chi connectivity index (χ4v) is 2.73. The van der Waals surface area contributed by atoms with Gasteiger partial charge in [0.25, 0.3) is 5.91 Å². The molecule has 0 radical (unpaired) electrons. The molecule has 30 heavy (non-hydrogen) atoms. The number of nitrogens with zero attached hydrogens (tertiary/aromatic N) is 1. The van der Waals surface area contributed by atoms with Gasteiger partial charge in [-0.1, -0.05) is 47.6 Å². The van der Waals surface area contributed by atoms with E-state index in [2.05, 4.69) is 10.5 Å². The van der Waals surface area contributed by atoms with Crippen molar-refractivity contribution in [3.05, 3.63) is 89.5 Å². The summed E-state index contributed by atoms with van der Waals surface area (Å²) in [6, 6.07) is 22.9. The van der Waals surface area contributed by atoms with Crippen molar-refractivity contribution in [2.75, 3.05) is 19.0 Å². The van der Waals surface area contributed by atoms with Gasteiger partial charge in [0, 0.05) is 11.3 Å². The Kier molecular flexibility index (Phi) is 7.44. The Morgan fingerprint density at radius 2 is 1.83 bits per heavy atom. The summed E-state index contributed by atoms with van der Waals surface area (Å²) >= 11 is 0. The molecule has 6 heteroatoms. The lowest BCUT2D eigenvalue weighted by Crippen LogP contribution is -2.16. The monoisotopic (exact) mass is 404 g/mol. The topological polar surface area (TPSA) is 69.2 Å². The van der Waals surface area contributed by atoms with Gasteiger partial charge in [0.1, 0.15) is 6.61 Å². The number of oxime groups is 1. The maximum Gasteiger partial charge on any atom is 0.265 e. The number of rotatable bonds is 9. The maximum absolute atomic E-state index is 11.9. The predicted molar refractivity (Wildman–Crippen MR) is 117 cm³/mol. The van der Waals surface area contributed by atoms with Gasteiger partial charge in [-0.15, -0.1) is 0 Å². The second kappa shape index (κ2) is 10.7. The first-order valence-electron chi connectivity index (χ1n) is 9.50. The van der Waals surface area contributed by atoms with Gasteiger partial charge in [0.15, 0.2) is 18.1 Å². The third-order valence-corrected chi connectivity index (χ3v) is 4.20. The normalized spacial score (nSPS) is 10.6.